The third kappa shape index (κ3) is 4.22. The molecule has 0 atom stereocenters. The van der Waals surface area contributed by atoms with Crippen molar-refractivity contribution in [2.24, 2.45) is 0 Å². The second-order valence-electron chi connectivity index (χ2n) is 3.49. The number of non-ortho nitro benzene ring substituents is 1. The Morgan fingerprint density at radius 2 is 1.60 bits per heavy atom. The fourth-order valence-electron chi connectivity index (χ4n) is 1.17. The Bertz CT molecular complexity index is 617. The van der Waals surface area contributed by atoms with Gasteiger partial charge in [-0.15, -0.1) is 0 Å². The van der Waals surface area contributed by atoms with Crippen molar-refractivity contribution in [2.45, 2.75) is 0 Å². The van der Waals surface area contributed by atoms with Crippen LogP contribution in [-0.2, 0) is 0 Å². The molecule has 0 spiro atoms. The minimum Gasteiger partial charge on any atom is -0.868 e. The number of nitro groups is 2. The first-order valence-electron chi connectivity index (χ1n) is 5.23. The van der Waals surface area contributed by atoms with E-state index in [0.29, 0.717) is 6.07 Å². The predicted octanol–water partition coefficient (Wildman–Crippen LogP) is 0.264. The van der Waals surface area contributed by atoms with Crippen molar-refractivity contribution in [3.63, 3.8) is 0 Å². The molecule has 20 heavy (non-hydrogen) atoms. The fourth-order valence-corrected chi connectivity index (χ4v) is 1.17. The first-order valence-corrected chi connectivity index (χ1v) is 5.23. The summed E-state index contributed by atoms with van der Waals surface area (Å²) in [6.45, 7) is 0. The predicted molar refractivity (Wildman–Crippen MR) is 66.0 cm³/mol. The van der Waals surface area contributed by atoms with E-state index in [9.17, 15) is 25.3 Å². The highest BCUT2D eigenvalue weighted by atomic mass is 16.6. The molecule has 0 saturated carbocycles. The lowest BCUT2D eigenvalue weighted by atomic mass is 10.2. The largest absolute Gasteiger partial charge is 0.868 e. The smallest absolute Gasteiger partial charge is 0.276 e. The number of pyridine rings is 1. The van der Waals surface area contributed by atoms with Crippen LogP contribution in [0.5, 0.6) is 5.75 Å². The van der Waals surface area contributed by atoms with Crippen molar-refractivity contribution in [3.8, 4) is 5.75 Å². The maximum absolute atomic E-state index is 10.8. The van der Waals surface area contributed by atoms with E-state index in [4.69, 9.17) is 5.84 Å². The molecule has 0 amide bonds. The molecular weight excluding hydrogens is 268 g/mol. The van der Waals surface area contributed by atoms with E-state index in [1.54, 1.807) is 12.4 Å². The summed E-state index contributed by atoms with van der Waals surface area (Å²) in [5.74, 6) is 4.44. The molecule has 104 valence electrons. The number of nitrogen functional groups attached to an aromatic ring is 1. The number of nitrogens with zero attached hydrogens (tertiary/aromatic N) is 3. The lowest BCUT2D eigenvalue weighted by Crippen LogP contribution is -2.42. The van der Waals surface area contributed by atoms with Gasteiger partial charge in [-0.05, 0) is 5.75 Å². The Balaban J connectivity index is 0.000000240. The third-order valence-corrected chi connectivity index (χ3v) is 2.09. The lowest BCUT2D eigenvalue weighted by Gasteiger charge is -2.03. The number of hydrogen-bond donors (Lipinski definition) is 1. The maximum atomic E-state index is 10.8. The van der Waals surface area contributed by atoms with E-state index in [1.165, 1.54) is 4.68 Å². The summed E-state index contributed by atoms with van der Waals surface area (Å²) in [5.41, 5.74) is -1.25. The van der Waals surface area contributed by atoms with Crippen LogP contribution < -0.4 is 15.6 Å². The Hall–Kier alpha value is -3.23. The van der Waals surface area contributed by atoms with Crippen LogP contribution in [0.15, 0.2) is 48.8 Å². The molecule has 9 heteroatoms. The summed E-state index contributed by atoms with van der Waals surface area (Å²) >= 11 is 0. The Kier molecular flexibility index (Phi) is 4.92. The van der Waals surface area contributed by atoms with E-state index < -0.39 is 27.0 Å². The molecule has 0 saturated heterocycles. The fraction of sp³-hybridized carbons (Fsp3) is 0. The molecule has 0 bridgehead atoms. The van der Waals surface area contributed by atoms with E-state index in [0.717, 1.165) is 12.1 Å². The Morgan fingerprint density at radius 3 is 2.00 bits per heavy atom. The Morgan fingerprint density at radius 1 is 1.00 bits per heavy atom. The summed E-state index contributed by atoms with van der Waals surface area (Å²) in [6.07, 6.45) is 3.56. The van der Waals surface area contributed by atoms with Crippen LogP contribution in [0.3, 0.4) is 0 Å². The van der Waals surface area contributed by atoms with Crippen LogP contribution in [0.1, 0.15) is 0 Å². The molecule has 1 aromatic carbocycles. The average molecular weight is 278 g/mol. The minimum atomic E-state index is -0.949. The Labute approximate surface area is 112 Å². The SMILES string of the molecule is N[n+]1ccccc1.O=[N+]([O-])c1ccc([O-])c([N+](=O)[O-])c1. The van der Waals surface area contributed by atoms with Gasteiger partial charge in [0.2, 0.25) is 0 Å². The molecule has 1 aromatic heterocycles. The van der Waals surface area contributed by atoms with Crippen molar-refractivity contribution in [1.29, 1.82) is 0 Å². The first-order chi connectivity index (χ1) is 9.41. The molecule has 9 nitrogen and oxygen atoms in total. The highest BCUT2D eigenvalue weighted by Gasteiger charge is 2.13. The number of benzene rings is 1. The van der Waals surface area contributed by atoms with Crippen LogP contribution in [0.25, 0.3) is 0 Å². The average Bonchev–Trinajstić information content (AvgIpc) is 2.40. The highest BCUT2D eigenvalue weighted by molar-refractivity contribution is 5.51. The topological polar surface area (TPSA) is 139 Å². The van der Waals surface area contributed by atoms with E-state index in [2.05, 4.69) is 0 Å². The van der Waals surface area contributed by atoms with Gasteiger partial charge in [-0.2, -0.15) is 0 Å². The molecule has 0 fully saturated rings. The van der Waals surface area contributed by atoms with Gasteiger partial charge >= 0.3 is 0 Å². The molecule has 0 aliphatic carbocycles. The lowest BCUT2D eigenvalue weighted by molar-refractivity contribution is -0.638. The maximum Gasteiger partial charge on any atom is 0.276 e. The van der Waals surface area contributed by atoms with Gasteiger partial charge in [0.15, 0.2) is 12.4 Å². The van der Waals surface area contributed by atoms with Crippen molar-refractivity contribution in [1.82, 2.24) is 0 Å². The van der Waals surface area contributed by atoms with E-state index >= 15 is 0 Å². The number of nitrogens with two attached hydrogens (primary N) is 1. The summed E-state index contributed by atoms with van der Waals surface area (Å²) in [6, 6.07) is 8.04. The molecule has 0 aliphatic rings. The number of rotatable bonds is 2. The van der Waals surface area contributed by atoms with Crippen molar-refractivity contribution in [2.75, 3.05) is 5.84 Å². The highest BCUT2D eigenvalue weighted by Crippen LogP contribution is 2.27. The quantitative estimate of drug-likeness (QED) is 0.362. The van der Waals surface area contributed by atoms with Gasteiger partial charge in [0.25, 0.3) is 11.4 Å². The van der Waals surface area contributed by atoms with Crippen LogP contribution in [0.4, 0.5) is 11.4 Å². The second kappa shape index (κ2) is 6.64. The van der Waals surface area contributed by atoms with Gasteiger partial charge in [0.05, 0.1) is 15.9 Å². The van der Waals surface area contributed by atoms with E-state index in [1.807, 2.05) is 18.2 Å². The molecule has 2 aromatic rings. The zero-order valence-corrected chi connectivity index (χ0v) is 10.1. The van der Waals surface area contributed by atoms with Crippen molar-refractivity contribution >= 4 is 11.4 Å². The van der Waals surface area contributed by atoms with Gasteiger partial charge in [-0.3, -0.25) is 20.2 Å². The first kappa shape index (κ1) is 14.8. The van der Waals surface area contributed by atoms with E-state index in [-0.39, 0.29) is 0 Å². The van der Waals surface area contributed by atoms with Gasteiger partial charge in [0, 0.05) is 18.2 Å². The van der Waals surface area contributed by atoms with Gasteiger partial charge in [-0.25, -0.2) is 5.84 Å². The second-order valence-corrected chi connectivity index (χ2v) is 3.49. The summed E-state index contributed by atoms with van der Waals surface area (Å²) < 4.78 is 1.50. The van der Waals surface area contributed by atoms with Gasteiger partial charge in [0.1, 0.15) is 0 Å². The van der Waals surface area contributed by atoms with Crippen molar-refractivity contribution in [3.05, 3.63) is 69.0 Å². The van der Waals surface area contributed by atoms with Crippen LogP contribution in [-0.4, -0.2) is 9.85 Å². The van der Waals surface area contributed by atoms with Gasteiger partial charge < -0.3 is 5.11 Å². The molecule has 2 N–H and O–H groups in total. The summed E-state index contributed by atoms with van der Waals surface area (Å²) in [7, 11) is 0. The van der Waals surface area contributed by atoms with Crippen LogP contribution in [0.2, 0.25) is 0 Å². The minimum absolute atomic E-state index is 0.466. The summed E-state index contributed by atoms with van der Waals surface area (Å²) in [5, 5.41) is 31.1. The summed E-state index contributed by atoms with van der Waals surface area (Å²) in [4.78, 5) is 18.6. The zero-order chi connectivity index (χ0) is 15.1. The molecule has 1 heterocycles. The molecule has 0 radical (unpaired) electrons. The monoisotopic (exact) mass is 278 g/mol. The molecule has 2 rings (SSSR count). The van der Waals surface area contributed by atoms with Crippen LogP contribution in [0, 0.1) is 20.2 Å². The number of hydrogen-bond acceptors (Lipinski definition) is 6. The third-order valence-electron chi connectivity index (χ3n) is 2.09. The number of aromatic nitrogens is 1. The molecule has 0 unspecified atom stereocenters. The van der Waals surface area contributed by atoms with Crippen LogP contribution >= 0.6 is 0 Å². The standard InChI is InChI=1S/C6H4N2O5.C5H7N2/c9-6-2-1-4(7(10)11)3-5(6)8(12)13;6-7-4-2-1-3-5-7/h1-3,9H;1-5H,6H2/q;+1/p-1. The van der Waals surface area contributed by atoms with Crippen molar-refractivity contribution < 1.29 is 19.6 Å². The van der Waals surface area contributed by atoms with Gasteiger partial charge in [-0.1, -0.05) is 16.8 Å². The molecule has 0 aliphatic heterocycles. The number of nitro benzene ring substituents is 2. The zero-order valence-electron chi connectivity index (χ0n) is 10.1. The normalized spacial score (nSPS) is 9.20. The molecular formula is C11H10N4O5.